The van der Waals surface area contributed by atoms with Gasteiger partial charge in [0.05, 0.1) is 7.11 Å². The summed E-state index contributed by atoms with van der Waals surface area (Å²) < 4.78 is 5.06. The molecule has 1 unspecified atom stereocenters. The van der Waals surface area contributed by atoms with E-state index in [2.05, 4.69) is 58.7 Å². The highest BCUT2D eigenvalue weighted by molar-refractivity contribution is 14.0. The Morgan fingerprint density at radius 3 is 2.64 bits per heavy atom. The minimum Gasteiger partial charge on any atom is -0.481 e. The van der Waals surface area contributed by atoms with Crippen LogP contribution in [-0.4, -0.2) is 31.6 Å². The van der Waals surface area contributed by atoms with E-state index in [1.54, 1.807) is 20.4 Å². The molecule has 0 aliphatic rings. The molecule has 2 rings (SSSR count). The Balaban J connectivity index is 0.00000312. The monoisotopic (exact) mass is 454 g/mol. The number of aliphatic imine (C=N–C) groups is 1. The second kappa shape index (κ2) is 10.9. The third kappa shape index (κ3) is 6.89. The Bertz CT molecular complexity index is 673. The number of halogens is 1. The third-order valence-corrected chi connectivity index (χ3v) is 3.88. The number of hydrogen-bond acceptors (Lipinski definition) is 3. The van der Waals surface area contributed by atoms with Gasteiger partial charge in [-0.15, -0.1) is 24.0 Å². The van der Waals surface area contributed by atoms with Crippen molar-refractivity contribution in [1.29, 1.82) is 0 Å². The van der Waals surface area contributed by atoms with E-state index in [4.69, 9.17) is 4.74 Å². The van der Waals surface area contributed by atoms with Gasteiger partial charge < -0.3 is 15.4 Å². The van der Waals surface area contributed by atoms with E-state index in [0.717, 1.165) is 18.1 Å². The van der Waals surface area contributed by atoms with Gasteiger partial charge in [-0.25, -0.2) is 4.98 Å². The number of guanidine groups is 1. The molecule has 0 saturated heterocycles. The lowest BCUT2D eigenvalue weighted by atomic mass is 9.99. The normalized spacial score (nSPS) is 12.1. The predicted molar refractivity (Wildman–Crippen MR) is 114 cm³/mol. The predicted octanol–water partition coefficient (Wildman–Crippen LogP) is 3.49. The molecule has 0 aliphatic heterocycles. The lowest BCUT2D eigenvalue weighted by Gasteiger charge is -2.17. The summed E-state index contributed by atoms with van der Waals surface area (Å²) in [5.74, 6) is 1.81. The second-order valence-electron chi connectivity index (χ2n) is 5.83. The highest BCUT2D eigenvalue weighted by Gasteiger charge is 2.07. The van der Waals surface area contributed by atoms with E-state index in [1.807, 2.05) is 12.1 Å². The maximum atomic E-state index is 5.06. The minimum atomic E-state index is 0. The van der Waals surface area contributed by atoms with Crippen molar-refractivity contribution in [3.63, 3.8) is 0 Å². The zero-order valence-corrected chi connectivity index (χ0v) is 17.6. The lowest BCUT2D eigenvalue weighted by Crippen LogP contribution is -2.38. The van der Waals surface area contributed by atoms with Gasteiger partial charge >= 0.3 is 0 Å². The fraction of sp³-hybridized carbons (Fsp3) is 0.368. The first-order chi connectivity index (χ1) is 11.6. The van der Waals surface area contributed by atoms with E-state index in [0.29, 0.717) is 18.3 Å². The lowest BCUT2D eigenvalue weighted by molar-refractivity contribution is 0.397. The number of benzene rings is 1. The molecule has 0 saturated carbocycles. The van der Waals surface area contributed by atoms with Gasteiger partial charge in [0.2, 0.25) is 5.88 Å². The Kier molecular flexibility index (Phi) is 9.26. The van der Waals surface area contributed by atoms with Crippen LogP contribution in [0.1, 0.15) is 29.5 Å². The van der Waals surface area contributed by atoms with Crippen LogP contribution in [0.4, 0.5) is 0 Å². The van der Waals surface area contributed by atoms with Crippen molar-refractivity contribution < 1.29 is 4.74 Å². The number of pyridine rings is 1. The average molecular weight is 454 g/mol. The Hall–Kier alpha value is -1.83. The summed E-state index contributed by atoms with van der Waals surface area (Å²) in [6.07, 6.45) is 1.80. The van der Waals surface area contributed by atoms with Gasteiger partial charge in [0.15, 0.2) is 5.96 Å². The molecule has 0 aliphatic carbocycles. The van der Waals surface area contributed by atoms with Gasteiger partial charge in [0.1, 0.15) is 0 Å². The smallest absolute Gasteiger partial charge is 0.212 e. The van der Waals surface area contributed by atoms with E-state index in [1.165, 1.54) is 11.1 Å². The number of aryl methyl sites for hydroxylation is 1. The maximum Gasteiger partial charge on any atom is 0.212 e. The number of methoxy groups -OCH3 is 1. The molecule has 0 fully saturated rings. The number of nitrogens with one attached hydrogen (secondary N) is 2. The molecule has 0 bridgehead atoms. The van der Waals surface area contributed by atoms with Crippen molar-refractivity contribution in [2.45, 2.75) is 26.3 Å². The number of nitrogens with zero attached hydrogens (tertiary/aromatic N) is 2. The van der Waals surface area contributed by atoms with E-state index >= 15 is 0 Å². The maximum absolute atomic E-state index is 5.06. The number of rotatable bonds is 6. The first-order valence-corrected chi connectivity index (χ1v) is 8.12. The SMILES string of the molecule is CN=C(NCc1ccc(OC)nc1)NCC(C)c1cccc(C)c1.I. The van der Waals surface area contributed by atoms with E-state index in [9.17, 15) is 0 Å². The van der Waals surface area contributed by atoms with Crippen LogP contribution in [0, 0.1) is 6.92 Å². The first-order valence-electron chi connectivity index (χ1n) is 8.12. The van der Waals surface area contributed by atoms with Crippen molar-refractivity contribution in [2.24, 2.45) is 4.99 Å². The fourth-order valence-corrected chi connectivity index (χ4v) is 2.39. The summed E-state index contributed by atoms with van der Waals surface area (Å²) in [4.78, 5) is 8.47. The van der Waals surface area contributed by atoms with Crippen molar-refractivity contribution in [1.82, 2.24) is 15.6 Å². The molecule has 1 aromatic heterocycles. The zero-order chi connectivity index (χ0) is 17.4. The molecular weight excluding hydrogens is 427 g/mol. The zero-order valence-electron chi connectivity index (χ0n) is 15.2. The molecule has 1 heterocycles. The molecule has 136 valence electrons. The quantitative estimate of drug-likeness (QED) is 0.399. The van der Waals surface area contributed by atoms with Gasteiger partial charge in [-0.1, -0.05) is 42.8 Å². The molecule has 0 spiro atoms. The number of aromatic nitrogens is 1. The molecule has 6 heteroatoms. The van der Waals surface area contributed by atoms with E-state index in [-0.39, 0.29) is 24.0 Å². The molecule has 1 atom stereocenters. The van der Waals surface area contributed by atoms with Crippen LogP contribution in [-0.2, 0) is 6.54 Å². The molecule has 2 aromatic rings. The summed E-state index contributed by atoms with van der Waals surface area (Å²) in [5.41, 5.74) is 3.69. The second-order valence-corrected chi connectivity index (χ2v) is 5.83. The fourth-order valence-electron chi connectivity index (χ4n) is 2.39. The average Bonchev–Trinajstić information content (AvgIpc) is 2.62. The Labute approximate surface area is 167 Å². The number of ether oxygens (including phenoxy) is 1. The highest BCUT2D eigenvalue weighted by Crippen LogP contribution is 2.15. The molecule has 25 heavy (non-hydrogen) atoms. The van der Waals surface area contributed by atoms with Crippen LogP contribution in [0.5, 0.6) is 5.88 Å². The molecule has 0 amide bonds. The molecular formula is C19H27IN4O. The summed E-state index contributed by atoms with van der Waals surface area (Å²) in [6.45, 7) is 5.81. The van der Waals surface area contributed by atoms with Gasteiger partial charge in [-0.2, -0.15) is 0 Å². The number of hydrogen-bond donors (Lipinski definition) is 2. The molecule has 5 nitrogen and oxygen atoms in total. The van der Waals surface area contributed by atoms with Crippen LogP contribution in [0.2, 0.25) is 0 Å². The van der Waals surface area contributed by atoms with Crippen molar-refractivity contribution in [2.75, 3.05) is 20.7 Å². The highest BCUT2D eigenvalue weighted by atomic mass is 127. The summed E-state index contributed by atoms with van der Waals surface area (Å²) >= 11 is 0. The third-order valence-electron chi connectivity index (χ3n) is 3.88. The molecule has 2 N–H and O–H groups in total. The summed E-state index contributed by atoms with van der Waals surface area (Å²) in [5, 5.41) is 6.67. The van der Waals surface area contributed by atoms with Crippen LogP contribution in [0.25, 0.3) is 0 Å². The Morgan fingerprint density at radius 1 is 1.24 bits per heavy atom. The molecule has 0 radical (unpaired) electrons. The van der Waals surface area contributed by atoms with Gasteiger partial charge in [-0.05, 0) is 24.0 Å². The van der Waals surface area contributed by atoms with Crippen LogP contribution >= 0.6 is 24.0 Å². The van der Waals surface area contributed by atoms with Crippen molar-refractivity contribution in [3.05, 3.63) is 59.3 Å². The van der Waals surface area contributed by atoms with Gasteiger partial charge in [0, 0.05) is 32.4 Å². The van der Waals surface area contributed by atoms with Gasteiger partial charge in [0.25, 0.3) is 0 Å². The van der Waals surface area contributed by atoms with Crippen LogP contribution < -0.4 is 15.4 Å². The van der Waals surface area contributed by atoms with Crippen LogP contribution in [0.15, 0.2) is 47.6 Å². The first kappa shape index (κ1) is 21.2. The van der Waals surface area contributed by atoms with Crippen LogP contribution in [0.3, 0.4) is 0 Å². The van der Waals surface area contributed by atoms with Crippen molar-refractivity contribution >= 4 is 29.9 Å². The Morgan fingerprint density at radius 2 is 2.04 bits per heavy atom. The largest absolute Gasteiger partial charge is 0.481 e. The standard InChI is InChI=1S/C19H26N4O.HI/c1-14-6-5-7-17(10-14)15(2)11-22-19(20-3)23-13-16-8-9-18(24-4)21-12-16;/h5-10,12,15H,11,13H2,1-4H3,(H2,20,22,23);1H. The summed E-state index contributed by atoms with van der Waals surface area (Å²) in [6, 6.07) is 12.5. The topological polar surface area (TPSA) is 58.5 Å². The minimum absolute atomic E-state index is 0. The molecule has 1 aromatic carbocycles. The van der Waals surface area contributed by atoms with Gasteiger partial charge in [-0.3, -0.25) is 4.99 Å². The van der Waals surface area contributed by atoms with E-state index < -0.39 is 0 Å². The summed E-state index contributed by atoms with van der Waals surface area (Å²) in [7, 11) is 3.39. The van der Waals surface area contributed by atoms with Crippen molar-refractivity contribution in [3.8, 4) is 5.88 Å².